The van der Waals surface area contributed by atoms with Crippen LogP contribution in [0.15, 0.2) is 12.2 Å². The number of hydrogen-bond donors (Lipinski definition) is 0. The van der Waals surface area contributed by atoms with Crippen molar-refractivity contribution in [2.75, 3.05) is 0 Å². The van der Waals surface area contributed by atoms with Gasteiger partial charge in [-0.05, 0) is 12.8 Å². The van der Waals surface area contributed by atoms with Crippen molar-refractivity contribution in [3.8, 4) is 0 Å². The lowest BCUT2D eigenvalue weighted by atomic mass is 10.00. The average Bonchev–Trinajstić information content (AvgIpc) is 2.78. The molecule has 1 aliphatic carbocycles. The maximum atomic E-state index is 11.8. The largest absolute Gasteiger partial charge is 0.272 e. The van der Waals surface area contributed by atoms with Gasteiger partial charge in [0.15, 0.2) is 0 Å². The highest BCUT2D eigenvalue weighted by atomic mass is 16.2. The van der Waals surface area contributed by atoms with Crippen molar-refractivity contribution in [2.24, 2.45) is 0 Å². The first-order valence-corrected chi connectivity index (χ1v) is 8.34. The van der Waals surface area contributed by atoms with Crippen LogP contribution in [0.4, 0.5) is 0 Å². The second-order valence-electron chi connectivity index (χ2n) is 6.15. The molecule has 0 atom stereocenters. The number of rotatable bonds is 1. The van der Waals surface area contributed by atoms with Crippen LogP contribution < -0.4 is 0 Å². The fourth-order valence-electron chi connectivity index (χ4n) is 3.35. The second-order valence-corrected chi connectivity index (χ2v) is 6.15. The smallest absolute Gasteiger partial charge is 0.253 e. The average molecular weight is 277 g/mol. The molecule has 0 aromatic rings. The first-order chi connectivity index (χ1) is 9.79. The molecular formula is C17H27NO2. The van der Waals surface area contributed by atoms with Gasteiger partial charge in [-0.1, -0.05) is 64.2 Å². The van der Waals surface area contributed by atoms with Crippen LogP contribution in [0.1, 0.15) is 77.0 Å². The van der Waals surface area contributed by atoms with E-state index in [1.165, 1.54) is 68.4 Å². The summed E-state index contributed by atoms with van der Waals surface area (Å²) in [6.45, 7) is 0. The van der Waals surface area contributed by atoms with Gasteiger partial charge in [0.1, 0.15) is 0 Å². The summed E-state index contributed by atoms with van der Waals surface area (Å²) >= 11 is 0. The van der Waals surface area contributed by atoms with Gasteiger partial charge >= 0.3 is 0 Å². The van der Waals surface area contributed by atoms with Gasteiger partial charge < -0.3 is 0 Å². The SMILES string of the molecule is O=C1C=CC(=O)N1C1CCCCCCCCCCCC1. The van der Waals surface area contributed by atoms with Gasteiger partial charge in [-0.3, -0.25) is 14.5 Å². The molecule has 1 heterocycles. The quantitative estimate of drug-likeness (QED) is 0.680. The van der Waals surface area contributed by atoms with E-state index in [9.17, 15) is 9.59 Å². The van der Waals surface area contributed by atoms with Crippen LogP contribution in [-0.2, 0) is 9.59 Å². The number of imide groups is 1. The Morgan fingerprint density at radius 1 is 0.650 bits per heavy atom. The fourth-order valence-corrected chi connectivity index (χ4v) is 3.35. The van der Waals surface area contributed by atoms with Gasteiger partial charge in [0.25, 0.3) is 11.8 Å². The molecule has 0 bridgehead atoms. The lowest BCUT2D eigenvalue weighted by Gasteiger charge is -2.26. The maximum absolute atomic E-state index is 11.8. The zero-order valence-corrected chi connectivity index (χ0v) is 12.5. The summed E-state index contributed by atoms with van der Waals surface area (Å²) in [5.74, 6) is -0.214. The van der Waals surface area contributed by atoms with Crippen LogP contribution >= 0.6 is 0 Å². The minimum absolute atomic E-state index is 0.107. The van der Waals surface area contributed by atoms with Crippen molar-refractivity contribution < 1.29 is 9.59 Å². The summed E-state index contributed by atoms with van der Waals surface area (Å²) in [6, 6.07) is 0.130. The molecule has 2 rings (SSSR count). The first kappa shape index (κ1) is 15.3. The molecule has 1 aliphatic heterocycles. The summed E-state index contributed by atoms with van der Waals surface area (Å²) in [4.78, 5) is 25.2. The zero-order valence-electron chi connectivity index (χ0n) is 12.5. The molecule has 0 spiro atoms. The molecule has 0 N–H and O–H groups in total. The van der Waals surface area contributed by atoms with Gasteiger partial charge in [0.05, 0.1) is 0 Å². The van der Waals surface area contributed by atoms with Gasteiger partial charge in [0.2, 0.25) is 0 Å². The lowest BCUT2D eigenvalue weighted by molar-refractivity contribution is -0.139. The fraction of sp³-hybridized carbons (Fsp3) is 0.765. The highest BCUT2D eigenvalue weighted by Crippen LogP contribution is 2.22. The molecule has 3 nitrogen and oxygen atoms in total. The predicted octanol–water partition coefficient (Wildman–Crippen LogP) is 3.97. The molecule has 0 aromatic carbocycles. The molecular weight excluding hydrogens is 250 g/mol. The molecule has 112 valence electrons. The molecule has 2 amide bonds. The Hall–Kier alpha value is -1.12. The highest BCUT2D eigenvalue weighted by Gasteiger charge is 2.30. The normalized spacial score (nSPS) is 24.3. The summed E-state index contributed by atoms with van der Waals surface area (Å²) < 4.78 is 0. The molecule has 0 saturated heterocycles. The van der Waals surface area contributed by atoms with E-state index in [-0.39, 0.29) is 17.9 Å². The van der Waals surface area contributed by atoms with Crippen molar-refractivity contribution in [3.05, 3.63) is 12.2 Å². The molecule has 3 heteroatoms. The van der Waals surface area contributed by atoms with E-state index < -0.39 is 0 Å². The number of hydrogen-bond acceptors (Lipinski definition) is 2. The number of nitrogens with zero attached hydrogens (tertiary/aromatic N) is 1. The number of amides is 2. The van der Waals surface area contributed by atoms with Crippen LogP contribution in [0.5, 0.6) is 0 Å². The molecule has 1 fully saturated rings. The minimum Gasteiger partial charge on any atom is -0.272 e. The first-order valence-electron chi connectivity index (χ1n) is 8.34. The van der Waals surface area contributed by atoms with Gasteiger partial charge in [-0.25, -0.2) is 0 Å². The lowest BCUT2D eigenvalue weighted by Crippen LogP contribution is -2.40. The van der Waals surface area contributed by atoms with E-state index in [2.05, 4.69) is 0 Å². The summed E-state index contributed by atoms with van der Waals surface area (Å²) in [5.41, 5.74) is 0. The molecule has 0 radical (unpaired) electrons. The third-order valence-electron chi connectivity index (χ3n) is 4.53. The molecule has 20 heavy (non-hydrogen) atoms. The number of carbonyl (C=O) groups is 2. The van der Waals surface area contributed by atoms with E-state index in [0.717, 1.165) is 25.7 Å². The van der Waals surface area contributed by atoms with Crippen LogP contribution in [0.2, 0.25) is 0 Å². The Morgan fingerprint density at radius 3 is 1.40 bits per heavy atom. The Kier molecular flexibility index (Phi) is 6.28. The summed E-state index contributed by atoms with van der Waals surface area (Å²) in [5, 5.41) is 0. The van der Waals surface area contributed by atoms with Crippen molar-refractivity contribution in [1.29, 1.82) is 0 Å². The Balaban J connectivity index is 1.90. The molecule has 1 saturated carbocycles. The van der Waals surface area contributed by atoms with Crippen molar-refractivity contribution in [1.82, 2.24) is 4.90 Å². The highest BCUT2D eigenvalue weighted by molar-refractivity contribution is 6.13. The van der Waals surface area contributed by atoms with Crippen LogP contribution in [0, 0.1) is 0 Å². The van der Waals surface area contributed by atoms with Crippen LogP contribution in [0.3, 0.4) is 0 Å². The van der Waals surface area contributed by atoms with Gasteiger partial charge in [0, 0.05) is 18.2 Å². The number of carbonyl (C=O) groups excluding carboxylic acids is 2. The maximum Gasteiger partial charge on any atom is 0.253 e. The minimum atomic E-state index is -0.107. The molecule has 0 unspecified atom stereocenters. The predicted molar refractivity (Wildman–Crippen MR) is 80.2 cm³/mol. The van der Waals surface area contributed by atoms with E-state index in [0.29, 0.717) is 0 Å². The van der Waals surface area contributed by atoms with Crippen LogP contribution in [0.25, 0.3) is 0 Å². The second kappa shape index (κ2) is 8.23. The monoisotopic (exact) mass is 277 g/mol. The van der Waals surface area contributed by atoms with E-state index >= 15 is 0 Å². The van der Waals surface area contributed by atoms with E-state index in [4.69, 9.17) is 0 Å². The van der Waals surface area contributed by atoms with Crippen molar-refractivity contribution >= 4 is 11.8 Å². The van der Waals surface area contributed by atoms with Gasteiger partial charge in [-0.15, -0.1) is 0 Å². The summed E-state index contributed by atoms with van der Waals surface area (Å²) in [7, 11) is 0. The van der Waals surface area contributed by atoms with Crippen molar-refractivity contribution in [2.45, 2.75) is 83.1 Å². The zero-order chi connectivity index (χ0) is 14.2. The van der Waals surface area contributed by atoms with E-state index in [1.54, 1.807) is 0 Å². The Bertz CT molecular complexity index is 330. The third kappa shape index (κ3) is 4.46. The molecule has 2 aliphatic rings. The van der Waals surface area contributed by atoms with E-state index in [1.807, 2.05) is 0 Å². The van der Waals surface area contributed by atoms with Crippen LogP contribution in [-0.4, -0.2) is 22.8 Å². The third-order valence-corrected chi connectivity index (χ3v) is 4.53. The Labute approximate surface area is 122 Å². The molecule has 0 aromatic heterocycles. The Morgan fingerprint density at radius 2 is 1.00 bits per heavy atom. The standard InChI is InChI=1S/C17H27NO2/c19-16-13-14-17(20)18(16)15-11-9-7-5-3-1-2-4-6-8-10-12-15/h13-15H,1-12H2. The van der Waals surface area contributed by atoms with Gasteiger partial charge in [-0.2, -0.15) is 0 Å². The summed E-state index contributed by atoms with van der Waals surface area (Å²) in [6.07, 6.45) is 17.6. The van der Waals surface area contributed by atoms with Crippen molar-refractivity contribution in [3.63, 3.8) is 0 Å². The topological polar surface area (TPSA) is 37.4 Å².